The maximum Gasteiger partial charge on any atom is 0.315 e. The third-order valence-corrected chi connectivity index (χ3v) is 3.84. The number of carboxylic acid groups (broad SMARTS) is 1. The van der Waals surface area contributed by atoms with Crippen LogP contribution in [0.2, 0.25) is 0 Å². The van der Waals surface area contributed by atoms with Gasteiger partial charge in [-0.3, -0.25) is 9.59 Å². The van der Waals surface area contributed by atoms with Gasteiger partial charge >= 0.3 is 12.0 Å². The topological polar surface area (TPSA) is 108 Å². The Morgan fingerprint density at radius 1 is 1.32 bits per heavy atom. The number of hydrogen-bond donors (Lipinski definition) is 4. The van der Waals surface area contributed by atoms with Gasteiger partial charge in [-0.05, 0) is 27.7 Å². The van der Waals surface area contributed by atoms with E-state index >= 15 is 0 Å². The van der Waals surface area contributed by atoms with Crippen LogP contribution < -0.4 is 16.0 Å². The van der Waals surface area contributed by atoms with Gasteiger partial charge in [-0.1, -0.05) is 0 Å². The molecule has 1 fully saturated rings. The van der Waals surface area contributed by atoms with Gasteiger partial charge in [0.1, 0.15) is 0 Å². The average Bonchev–Trinajstić information content (AvgIpc) is 2.62. The van der Waals surface area contributed by atoms with Gasteiger partial charge in [0.25, 0.3) is 0 Å². The normalized spacial score (nSPS) is 19.8. The Kier molecular flexibility index (Phi) is 4.07. The van der Waals surface area contributed by atoms with Crippen molar-refractivity contribution in [3.05, 3.63) is 0 Å². The second kappa shape index (κ2) is 5.07. The van der Waals surface area contributed by atoms with E-state index in [1.807, 2.05) is 0 Å². The average molecular weight is 271 g/mol. The Bertz CT molecular complexity index is 404. The van der Waals surface area contributed by atoms with E-state index in [0.29, 0.717) is 6.54 Å². The summed E-state index contributed by atoms with van der Waals surface area (Å²) in [7, 11) is 0. The van der Waals surface area contributed by atoms with E-state index in [-0.39, 0.29) is 18.4 Å². The van der Waals surface area contributed by atoms with Gasteiger partial charge in [0, 0.05) is 13.0 Å². The van der Waals surface area contributed by atoms with E-state index in [4.69, 9.17) is 0 Å². The smallest absolute Gasteiger partial charge is 0.315 e. The summed E-state index contributed by atoms with van der Waals surface area (Å²) in [6.07, 6.45) is 0.246. The number of amides is 3. The Labute approximate surface area is 112 Å². The molecule has 0 aromatic heterocycles. The fourth-order valence-corrected chi connectivity index (χ4v) is 1.64. The number of carbonyl (C=O) groups is 3. The molecule has 0 saturated carbocycles. The molecule has 1 unspecified atom stereocenters. The molecule has 0 radical (unpaired) electrons. The first-order valence-corrected chi connectivity index (χ1v) is 6.15. The predicted molar refractivity (Wildman–Crippen MR) is 68.6 cm³/mol. The Balaban J connectivity index is 2.60. The standard InChI is InChI=1S/C12H21N3O4/c1-11(2,9(17)18)12(3,4)15-10(19)14-7-5-8(16)13-6-7/h7H,5-6H2,1-4H3,(H,13,16)(H,17,18)(H2,14,15,19). The van der Waals surface area contributed by atoms with Crippen LogP contribution in [-0.4, -0.2) is 41.1 Å². The first-order valence-electron chi connectivity index (χ1n) is 6.15. The van der Waals surface area contributed by atoms with E-state index in [0.717, 1.165) is 0 Å². The van der Waals surface area contributed by atoms with Crippen molar-refractivity contribution in [3.8, 4) is 0 Å². The van der Waals surface area contributed by atoms with Crippen molar-refractivity contribution in [3.63, 3.8) is 0 Å². The molecule has 4 N–H and O–H groups in total. The molecular formula is C12H21N3O4. The fourth-order valence-electron chi connectivity index (χ4n) is 1.64. The summed E-state index contributed by atoms with van der Waals surface area (Å²) < 4.78 is 0. The zero-order valence-electron chi connectivity index (χ0n) is 11.7. The third kappa shape index (κ3) is 3.36. The maximum atomic E-state index is 11.8. The maximum absolute atomic E-state index is 11.8. The minimum absolute atomic E-state index is 0.101. The first kappa shape index (κ1) is 15.3. The number of rotatable bonds is 4. The van der Waals surface area contributed by atoms with Crippen LogP contribution >= 0.6 is 0 Å². The van der Waals surface area contributed by atoms with Crippen molar-refractivity contribution < 1.29 is 19.5 Å². The van der Waals surface area contributed by atoms with E-state index in [1.54, 1.807) is 27.7 Å². The van der Waals surface area contributed by atoms with Gasteiger partial charge in [0.15, 0.2) is 0 Å². The van der Waals surface area contributed by atoms with Gasteiger partial charge in [0.2, 0.25) is 5.91 Å². The summed E-state index contributed by atoms with van der Waals surface area (Å²) in [5, 5.41) is 17.1. The SMILES string of the molecule is CC(C)(NC(=O)NC1CNC(=O)C1)C(C)(C)C(=O)O. The lowest BCUT2D eigenvalue weighted by Crippen LogP contribution is -2.60. The highest BCUT2D eigenvalue weighted by Gasteiger charge is 2.44. The summed E-state index contributed by atoms with van der Waals surface area (Å²) >= 11 is 0. The summed E-state index contributed by atoms with van der Waals surface area (Å²) in [4.78, 5) is 34.1. The van der Waals surface area contributed by atoms with Crippen molar-refractivity contribution in [1.29, 1.82) is 0 Å². The Hall–Kier alpha value is -1.79. The molecule has 1 saturated heterocycles. The zero-order valence-corrected chi connectivity index (χ0v) is 11.7. The lowest BCUT2D eigenvalue weighted by Gasteiger charge is -2.38. The third-order valence-electron chi connectivity index (χ3n) is 3.84. The fraction of sp³-hybridized carbons (Fsp3) is 0.750. The van der Waals surface area contributed by atoms with Gasteiger partial charge < -0.3 is 21.1 Å². The van der Waals surface area contributed by atoms with Crippen molar-refractivity contribution in [2.45, 2.75) is 45.7 Å². The minimum Gasteiger partial charge on any atom is -0.481 e. The Morgan fingerprint density at radius 2 is 1.89 bits per heavy atom. The quantitative estimate of drug-likeness (QED) is 0.580. The van der Waals surface area contributed by atoms with Crippen LogP contribution in [0, 0.1) is 5.41 Å². The van der Waals surface area contributed by atoms with Crippen LogP contribution in [0.5, 0.6) is 0 Å². The summed E-state index contributed by atoms with van der Waals surface area (Å²) in [5.41, 5.74) is -2.05. The van der Waals surface area contributed by atoms with E-state index in [2.05, 4.69) is 16.0 Å². The summed E-state index contributed by atoms with van der Waals surface area (Å²) in [6.45, 7) is 6.80. The zero-order chi connectivity index (χ0) is 14.8. The lowest BCUT2D eigenvalue weighted by atomic mass is 9.74. The molecular weight excluding hydrogens is 250 g/mol. The largest absolute Gasteiger partial charge is 0.481 e. The molecule has 0 bridgehead atoms. The van der Waals surface area contributed by atoms with Crippen LogP contribution in [0.4, 0.5) is 4.79 Å². The highest BCUT2D eigenvalue weighted by Crippen LogP contribution is 2.30. The molecule has 0 aromatic carbocycles. The van der Waals surface area contributed by atoms with Gasteiger partial charge in [-0.2, -0.15) is 0 Å². The molecule has 1 rings (SSSR count). The van der Waals surface area contributed by atoms with Crippen LogP contribution in [0.15, 0.2) is 0 Å². The summed E-state index contributed by atoms with van der Waals surface area (Å²) in [5.74, 6) is -1.09. The number of urea groups is 1. The van der Waals surface area contributed by atoms with Crippen molar-refractivity contribution in [2.75, 3.05) is 6.54 Å². The molecule has 3 amide bonds. The van der Waals surface area contributed by atoms with E-state index in [9.17, 15) is 19.5 Å². The van der Waals surface area contributed by atoms with Crippen LogP contribution in [0.25, 0.3) is 0 Å². The molecule has 1 aliphatic rings. The highest BCUT2D eigenvalue weighted by molar-refractivity contribution is 5.82. The van der Waals surface area contributed by atoms with E-state index < -0.39 is 23.0 Å². The van der Waals surface area contributed by atoms with Gasteiger partial charge in [0.05, 0.1) is 17.0 Å². The molecule has 108 valence electrons. The molecule has 1 heterocycles. The van der Waals surface area contributed by atoms with Gasteiger partial charge in [-0.15, -0.1) is 0 Å². The Morgan fingerprint density at radius 3 is 2.32 bits per heavy atom. The number of carboxylic acids is 1. The molecule has 7 nitrogen and oxygen atoms in total. The predicted octanol–water partition coefficient (Wildman–Crippen LogP) is 0.0635. The molecule has 0 spiro atoms. The minimum atomic E-state index is -1.12. The number of carbonyl (C=O) groups excluding carboxylic acids is 2. The van der Waals surface area contributed by atoms with Crippen molar-refractivity contribution in [2.24, 2.45) is 5.41 Å². The van der Waals surface area contributed by atoms with Gasteiger partial charge in [-0.25, -0.2) is 4.79 Å². The van der Waals surface area contributed by atoms with Crippen LogP contribution in [-0.2, 0) is 9.59 Å². The molecule has 19 heavy (non-hydrogen) atoms. The second-order valence-electron chi connectivity index (χ2n) is 5.86. The number of hydrogen-bond acceptors (Lipinski definition) is 3. The van der Waals surface area contributed by atoms with Crippen molar-refractivity contribution in [1.82, 2.24) is 16.0 Å². The number of aliphatic carboxylic acids is 1. The highest BCUT2D eigenvalue weighted by atomic mass is 16.4. The monoisotopic (exact) mass is 271 g/mol. The molecule has 0 aromatic rings. The first-order chi connectivity index (χ1) is 8.56. The van der Waals surface area contributed by atoms with E-state index in [1.165, 1.54) is 0 Å². The van der Waals surface area contributed by atoms with Crippen molar-refractivity contribution >= 4 is 17.9 Å². The second-order valence-corrected chi connectivity index (χ2v) is 5.86. The molecule has 7 heteroatoms. The van der Waals surface area contributed by atoms with Crippen LogP contribution in [0.3, 0.4) is 0 Å². The summed E-state index contributed by atoms with van der Waals surface area (Å²) in [6, 6.07) is -0.725. The van der Waals surface area contributed by atoms with Crippen LogP contribution in [0.1, 0.15) is 34.1 Å². The number of nitrogens with one attached hydrogen (secondary N) is 3. The lowest BCUT2D eigenvalue weighted by molar-refractivity contribution is -0.150. The molecule has 1 aliphatic heterocycles. The molecule has 1 atom stereocenters. The molecule has 0 aliphatic carbocycles.